The first kappa shape index (κ1) is 29.3. The van der Waals surface area contributed by atoms with Crippen molar-refractivity contribution < 1.29 is 22.7 Å². The van der Waals surface area contributed by atoms with E-state index in [0.29, 0.717) is 18.6 Å². The van der Waals surface area contributed by atoms with Crippen molar-refractivity contribution in [2.24, 2.45) is 0 Å². The minimum absolute atomic E-state index is 0.164. The Hall–Kier alpha value is -4.69. The average Bonchev–Trinajstić information content (AvgIpc) is 3.00. The smallest absolute Gasteiger partial charge is 0.410 e. The molecule has 4 aromatic carbocycles. The molecule has 0 radical (unpaired) electrons. The van der Waals surface area contributed by atoms with E-state index in [4.69, 9.17) is 4.74 Å². The van der Waals surface area contributed by atoms with Crippen molar-refractivity contribution in [1.29, 1.82) is 0 Å². The third-order valence-corrected chi connectivity index (χ3v) is 7.77. The standard InChI is InChI=1S/C33H32N2O5S/c36-32(31(25-27-15-7-2-8-16-27)35-33(37)40-29-17-9-3-10-18-29)34-28(22-21-26-13-5-1-6-14-26)23-24-41(38,39)30-19-11-4-12-20-30/h1-20,23-24,28,31H,21-22,25H2,(H,34,36)(H,35,37)/b24-23+/t28-,31-/m0/s1. The van der Waals surface area contributed by atoms with Crippen molar-refractivity contribution in [3.63, 3.8) is 0 Å². The zero-order valence-corrected chi connectivity index (χ0v) is 23.2. The Morgan fingerprint density at radius 2 is 1.24 bits per heavy atom. The van der Waals surface area contributed by atoms with Crippen LogP contribution in [0.4, 0.5) is 4.79 Å². The second kappa shape index (κ2) is 14.6. The SMILES string of the molecule is O=C(N[C@@H](Cc1ccccc1)C(=O)N[C@H](/C=C/S(=O)(=O)c1ccccc1)CCc1ccccc1)Oc1ccccc1. The number of amides is 2. The van der Waals surface area contributed by atoms with Gasteiger partial charge < -0.3 is 15.4 Å². The van der Waals surface area contributed by atoms with Crippen LogP contribution in [0.3, 0.4) is 0 Å². The van der Waals surface area contributed by atoms with Gasteiger partial charge in [-0.15, -0.1) is 0 Å². The molecule has 7 nitrogen and oxygen atoms in total. The van der Waals surface area contributed by atoms with Crippen molar-refractivity contribution >= 4 is 21.8 Å². The van der Waals surface area contributed by atoms with Crippen LogP contribution in [-0.4, -0.2) is 32.5 Å². The molecular formula is C33H32N2O5S. The van der Waals surface area contributed by atoms with E-state index in [0.717, 1.165) is 16.5 Å². The number of benzene rings is 4. The van der Waals surface area contributed by atoms with Crippen LogP contribution in [0, 0.1) is 0 Å². The topological polar surface area (TPSA) is 102 Å². The van der Waals surface area contributed by atoms with Crippen LogP contribution < -0.4 is 15.4 Å². The first-order valence-electron chi connectivity index (χ1n) is 13.3. The van der Waals surface area contributed by atoms with Crippen LogP contribution in [0.2, 0.25) is 0 Å². The van der Waals surface area contributed by atoms with Crippen LogP contribution in [-0.2, 0) is 27.5 Å². The summed E-state index contributed by atoms with van der Waals surface area (Å²) in [4.78, 5) is 26.5. The third-order valence-electron chi connectivity index (χ3n) is 6.32. The highest BCUT2D eigenvalue weighted by Crippen LogP contribution is 2.14. The van der Waals surface area contributed by atoms with Gasteiger partial charge in [0.1, 0.15) is 11.8 Å². The summed E-state index contributed by atoms with van der Waals surface area (Å²) in [6.45, 7) is 0. The van der Waals surface area contributed by atoms with Gasteiger partial charge in [0.2, 0.25) is 5.91 Å². The molecule has 0 spiro atoms. The molecule has 2 atom stereocenters. The number of hydrogen-bond donors (Lipinski definition) is 2. The van der Waals surface area contributed by atoms with Crippen molar-refractivity contribution in [2.45, 2.75) is 36.2 Å². The largest absolute Gasteiger partial charge is 0.413 e. The second-order valence-corrected chi connectivity index (χ2v) is 11.2. The highest BCUT2D eigenvalue weighted by atomic mass is 32.2. The molecule has 0 fully saturated rings. The molecule has 0 heterocycles. The van der Waals surface area contributed by atoms with Gasteiger partial charge in [0.15, 0.2) is 9.84 Å². The summed E-state index contributed by atoms with van der Waals surface area (Å²) in [6, 6.07) is 34.1. The van der Waals surface area contributed by atoms with E-state index in [-0.39, 0.29) is 11.3 Å². The summed E-state index contributed by atoms with van der Waals surface area (Å²) in [5.74, 6) is -0.114. The average molecular weight is 569 g/mol. The van der Waals surface area contributed by atoms with Gasteiger partial charge >= 0.3 is 6.09 Å². The summed E-state index contributed by atoms with van der Waals surface area (Å²) in [6.07, 6.45) is 1.99. The molecular weight excluding hydrogens is 536 g/mol. The molecule has 0 saturated heterocycles. The number of carbonyl (C=O) groups is 2. The molecule has 0 unspecified atom stereocenters. The van der Waals surface area contributed by atoms with E-state index in [9.17, 15) is 18.0 Å². The van der Waals surface area contributed by atoms with Gasteiger partial charge in [-0.25, -0.2) is 13.2 Å². The van der Waals surface area contributed by atoms with Gasteiger partial charge in [-0.1, -0.05) is 103 Å². The normalized spacial score (nSPS) is 12.8. The van der Waals surface area contributed by atoms with Gasteiger partial charge in [-0.3, -0.25) is 4.79 Å². The highest BCUT2D eigenvalue weighted by molar-refractivity contribution is 7.94. The number of nitrogens with one attached hydrogen (secondary N) is 2. The Bertz CT molecular complexity index is 1530. The number of para-hydroxylation sites is 1. The summed E-state index contributed by atoms with van der Waals surface area (Å²) < 4.78 is 31.2. The first-order valence-corrected chi connectivity index (χ1v) is 14.8. The van der Waals surface area contributed by atoms with E-state index < -0.39 is 33.9 Å². The monoisotopic (exact) mass is 568 g/mol. The van der Waals surface area contributed by atoms with E-state index in [1.165, 1.54) is 18.2 Å². The summed E-state index contributed by atoms with van der Waals surface area (Å²) in [5.41, 5.74) is 1.90. The Morgan fingerprint density at radius 1 is 0.707 bits per heavy atom. The lowest BCUT2D eigenvalue weighted by Crippen LogP contribution is -2.51. The van der Waals surface area contributed by atoms with Crippen molar-refractivity contribution in [1.82, 2.24) is 10.6 Å². The van der Waals surface area contributed by atoms with Gasteiger partial charge in [0, 0.05) is 17.9 Å². The molecule has 2 N–H and O–H groups in total. The maximum atomic E-state index is 13.6. The van der Waals surface area contributed by atoms with Crippen molar-refractivity contribution in [3.8, 4) is 5.75 Å². The van der Waals surface area contributed by atoms with E-state index in [2.05, 4.69) is 10.6 Å². The molecule has 41 heavy (non-hydrogen) atoms. The fraction of sp³-hybridized carbons (Fsp3) is 0.152. The van der Waals surface area contributed by atoms with E-state index in [1.807, 2.05) is 60.7 Å². The number of rotatable bonds is 12. The number of aryl methyl sites for hydroxylation is 1. The summed E-state index contributed by atoms with van der Waals surface area (Å²) in [5, 5.41) is 6.74. The van der Waals surface area contributed by atoms with Crippen LogP contribution in [0.25, 0.3) is 0 Å². The van der Waals surface area contributed by atoms with Gasteiger partial charge in [-0.05, 0) is 48.2 Å². The maximum Gasteiger partial charge on any atom is 0.413 e. The maximum absolute atomic E-state index is 13.6. The zero-order chi connectivity index (χ0) is 28.9. The highest BCUT2D eigenvalue weighted by Gasteiger charge is 2.24. The molecule has 0 aliphatic carbocycles. The molecule has 0 aliphatic heterocycles. The van der Waals surface area contributed by atoms with Crippen molar-refractivity contribution in [3.05, 3.63) is 144 Å². The predicted molar refractivity (Wildman–Crippen MR) is 159 cm³/mol. The molecule has 0 bridgehead atoms. The molecule has 4 aromatic rings. The molecule has 210 valence electrons. The number of sulfone groups is 1. The van der Waals surface area contributed by atoms with Gasteiger partial charge in [-0.2, -0.15) is 0 Å². The summed E-state index contributed by atoms with van der Waals surface area (Å²) in [7, 11) is -3.72. The van der Waals surface area contributed by atoms with Crippen LogP contribution >= 0.6 is 0 Å². The molecule has 8 heteroatoms. The number of carbonyl (C=O) groups excluding carboxylic acids is 2. The third kappa shape index (κ3) is 9.47. The number of ether oxygens (including phenoxy) is 1. The Balaban J connectivity index is 1.53. The molecule has 0 aromatic heterocycles. The van der Waals surface area contributed by atoms with Crippen LogP contribution in [0.1, 0.15) is 17.5 Å². The van der Waals surface area contributed by atoms with Crippen LogP contribution in [0.15, 0.2) is 138 Å². The minimum Gasteiger partial charge on any atom is -0.410 e. The lowest BCUT2D eigenvalue weighted by atomic mass is 10.0. The molecule has 0 saturated carbocycles. The fourth-order valence-corrected chi connectivity index (χ4v) is 5.27. The second-order valence-electron chi connectivity index (χ2n) is 9.42. The lowest BCUT2D eigenvalue weighted by Gasteiger charge is -2.22. The zero-order valence-electron chi connectivity index (χ0n) is 22.4. The Morgan fingerprint density at radius 3 is 1.85 bits per heavy atom. The van der Waals surface area contributed by atoms with Crippen molar-refractivity contribution in [2.75, 3.05) is 0 Å². The lowest BCUT2D eigenvalue weighted by molar-refractivity contribution is -0.123. The first-order chi connectivity index (χ1) is 19.9. The molecule has 0 aliphatic rings. The van der Waals surface area contributed by atoms with Gasteiger partial charge in [0.05, 0.1) is 4.90 Å². The van der Waals surface area contributed by atoms with Crippen LogP contribution in [0.5, 0.6) is 5.75 Å². The van der Waals surface area contributed by atoms with E-state index in [1.54, 1.807) is 48.5 Å². The summed E-state index contributed by atoms with van der Waals surface area (Å²) >= 11 is 0. The minimum atomic E-state index is -3.72. The van der Waals surface area contributed by atoms with Gasteiger partial charge in [0.25, 0.3) is 0 Å². The predicted octanol–water partition coefficient (Wildman–Crippen LogP) is 5.49. The number of hydrogen-bond acceptors (Lipinski definition) is 5. The molecule has 4 rings (SSSR count). The fourth-order valence-electron chi connectivity index (χ4n) is 4.18. The molecule has 2 amide bonds. The Labute approximate surface area is 240 Å². The quantitative estimate of drug-likeness (QED) is 0.235. The van der Waals surface area contributed by atoms with E-state index >= 15 is 0 Å². The Kier molecular flexibility index (Phi) is 10.5.